The van der Waals surface area contributed by atoms with Crippen LogP contribution in [0.4, 0.5) is 0 Å². The van der Waals surface area contributed by atoms with E-state index in [1.807, 2.05) is 22.6 Å². The summed E-state index contributed by atoms with van der Waals surface area (Å²) in [6.07, 6.45) is -1.92. The molecule has 1 fully saturated rings. The second kappa shape index (κ2) is 3.53. The lowest BCUT2D eigenvalue weighted by molar-refractivity contribution is -0.191. The largest absolute Gasteiger partial charge is 0.389 e. The maximum atomic E-state index is 9.37. The molecule has 0 amide bonds. The molecule has 0 saturated carbocycles. The number of aliphatic hydroxyl groups excluding tert-OH is 2. The van der Waals surface area contributed by atoms with Gasteiger partial charge in [-0.25, -0.2) is 0 Å². The van der Waals surface area contributed by atoms with Crippen LogP contribution in [0, 0.1) is 0 Å². The van der Waals surface area contributed by atoms with Gasteiger partial charge in [0.05, 0.1) is 16.1 Å². The second-order valence-corrected chi connectivity index (χ2v) is 4.18. The van der Waals surface area contributed by atoms with Crippen LogP contribution < -0.4 is 5.73 Å². The lowest BCUT2D eigenvalue weighted by Crippen LogP contribution is -2.58. The van der Waals surface area contributed by atoms with Crippen LogP contribution in [0.1, 0.15) is 6.92 Å². The molecule has 0 aromatic carbocycles. The van der Waals surface area contributed by atoms with Crippen molar-refractivity contribution in [2.75, 3.05) is 0 Å². The molecule has 0 aromatic rings. The van der Waals surface area contributed by atoms with E-state index >= 15 is 0 Å². The smallest absolute Gasteiger partial charge is 0.168 e. The monoisotopic (exact) mass is 273 g/mol. The van der Waals surface area contributed by atoms with Crippen molar-refractivity contribution in [1.82, 2.24) is 0 Å². The van der Waals surface area contributed by atoms with Crippen LogP contribution in [0.2, 0.25) is 0 Å². The molecular weight excluding hydrogens is 261 g/mol. The predicted octanol–water partition coefficient (Wildman–Crippen LogP) is -0.785. The van der Waals surface area contributed by atoms with Crippen LogP contribution in [-0.2, 0) is 4.74 Å². The normalized spacial score (nSPS) is 52.6. The first-order chi connectivity index (χ1) is 5.04. The zero-order chi connectivity index (χ0) is 8.59. The molecule has 66 valence electrons. The average Bonchev–Trinajstić information content (AvgIpc) is 1.97. The molecular formula is C6H12INO3. The SMILES string of the molecule is CC1OC(O)C(I)C(N)C1O. The lowest BCUT2D eigenvalue weighted by atomic mass is 10.0. The minimum absolute atomic E-state index is 0.237. The number of ether oxygens (including phenoxy) is 1. The molecule has 1 rings (SSSR count). The van der Waals surface area contributed by atoms with E-state index in [1.54, 1.807) is 6.92 Å². The van der Waals surface area contributed by atoms with Gasteiger partial charge in [0.2, 0.25) is 0 Å². The van der Waals surface area contributed by atoms with E-state index in [9.17, 15) is 10.2 Å². The van der Waals surface area contributed by atoms with Gasteiger partial charge in [-0.15, -0.1) is 0 Å². The van der Waals surface area contributed by atoms with Crippen molar-refractivity contribution in [3.05, 3.63) is 0 Å². The van der Waals surface area contributed by atoms with Crippen molar-refractivity contribution in [1.29, 1.82) is 0 Å². The summed E-state index contributed by atoms with van der Waals surface area (Å²) in [4.78, 5) is 0. The van der Waals surface area contributed by atoms with Gasteiger partial charge in [-0.3, -0.25) is 0 Å². The highest BCUT2D eigenvalue weighted by molar-refractivity contribution is 14.1. The fourth-order valence-electron chi connectivity index (χ4n) is 1.07. The molecule has 0 aliphatic carbocycles. The Morgan fingerprint density at radius 2 is 2.00 bits per heavy atom. The third-order valence-corrected chi connectivity index (χ3v) is 3.32. The van der Waals surface area contributed by atoms with Gasteiger partial charge in [0.15, 0.2) is 6.29 Å². The van der Waals surface area contributed by atoms with Gasteiger partial charge in [0.25, 0.3) is 0 Å². The molecule has 0 spiro atoms. The first kappa shape index (κ1) is 9.66. The van der Waals surface area contributed by atoms with Crippen LogP contribution in [0.15, 0.2) is 0 Å². The average molecular weight is 273 g/mol. The summed E-state index contributed by atoms with van der Waals surface area (Å²) in [7, 11) is 0. The zero-order valence-electron chi connectivity index (χ0n) is 6.14. The van der Waals surface area contributed by atoms with E-state index in [4.69, 9.17) is 10.5 Å². The van der Waals surface area contributed by atoms with Gasteiger partial charge in [-0.05, 0) is 6.92 Å². The highest BCUT2D eigenvalue weighted by Gasteiger charge is 2.38. The van der Waals surface area contributed by atoms with Gasteiger partial charge in [-0.1, -0.05) is 22.6 Å². The van der Waals surface area contributed by atoms with Crippen molar-refractivity contribution in [3.8, 4) is 0 Å². The number of aliphatic hydroxyl groups is 2. The van der Waals surface area contributed by atoms with Gasteiger partial charge in [0.1, 0.15) is 0 Å². The molecule has 11 heavy (non-hydrogen) atoms. The van der Waals surface area contributed by atoms with Gasteiger partial charge in [-0.2, -0.15) is 0 Å². The van der Waals surface area contributed by atoms with Crippen molar-refractivity contribution < 1.29 is 14.9 Å². The summed E-state index contributed by atoms with van der Waals surface area (Å²) in [6.45, 7) is 1.69. The standard InChI is InChI=1S/C6H12INO3/c1-2-5(9)4(8)3(7)6(10)11-2/h2-6,9-10H,8H2,1H3. The highest BCUT2D eigenvalue weighted by Crippen LogP contribution is 2.23. The van der Waals surface area contributed by atoms with Crippen molar-refractivity contribution >= 4 is 22.6 Å². The maximum absolute atomic E-state index is 9.37. The first-order valence-corrected chi connectivity index (χ1v) is 4.70. The topological polar surface area (TPSA) is 75.7 Å². The van der Waals surface area contributed by atoms with E-state index < -0.39 is 18.4 Å². The Morgan fingerprint density at radius 1 is 1.45 bits per heavy atom. The van der Waals surface area contributed by atoms with E-state index in [1.165, 1.54) is 0 Å². The predicted molar refractivity (Wildman–Crippen MR) is 48.3 cm³/mol. The fraction of sp³-hybridized carbons (Fsp3) is 1.00. The van der Waals surface area contributed by atoms with Crippen molar-refractivity contribution in [2.45, 2.75) is 35.4 Å². The lowest BCUT2D eigenvalue weighted by Gasteiger charge is -2.37. The van der Waals surface area contributed by atoms with Gasteiger partial charge in [0, 0.05) is 6.04 Å². The summed E-state index contributed by atoms with van der Waals surface area (Å²) >= 11 is 1.97. The fourth-order valence-corrected chi connectivity index (χ4v) is 1.66. The Hall–Kier alpha value is 0.570. The molecule has 4 nitrogen and oxygen atoms in total. The van der Waals surface area contributed by atoms with E-state index in [0.717, 1.165) is 0 Å². The molecule has 1 saturated heterocycles. The highest BCUT2D eigenvalue weighted by atomic mass is 127. The summed E-state index contributed by atoms with van der Waals surface area (Å²) in [5.41, 5.74) is 5.61. The number of nitrogens with two attached hydrogens (primary N) is 1. The minimum Gasteiger partial charge on any atom is -0.389 e. The quantitative estimate of drug-likeness (QED) is 0.399. The number of alkyl halides is 1. The third kappa shape index (κ3) is 1.83. The zero-order valence-corrected chi connectivity index (χ0v) is 8.30. The summed E-state index contributed by atoms with van der Waals surface area (Å²) in [6, 6.07) is -0.408. The minimum atomic E-state index is -0.857. The van der Waals surface area contributed by atoms with Gasteiger partial charge >= 0.3 is 0 Å². The van der Waals surface area contributed by atoms with Crippen molar-refractivity contribution in [3.63, 3.8) is 0 Å². The van der Waals surface area contributed by atoms with E-state index in [2.05, 4.69) is 0 Å². The molecule has 5 atom stereocenters. The van der Waals surface area contributed by atoms with Gasteiger partial charge < -0.3 is 20.7 Å². The maximum Gasteiger partial charge on any atom is 0.168 e. The summed E-state index contributed by atoms with van der Waals surface area (Å²) in [5.74, 6) is 0. The molecule has 5 unspecified atom stereocenters. The Labute approximate surface area is 78.9 Å². The second-order valence-electron chi connectivity index (χ2n) is 2.74. The van der Waals surface area contributed by atoms with Crippen LogP contribution in [0.25, 0.3) is 0 Å². The molecule has 1 heterocycles. The van der Waals surface area contributed by atoms with Crippen LogP contribution in [-0.4, -0.2) is 38.7 Å². The van der Waals surface area contributed by atoms with Crippen LogP contribution in [0.5, 0.6) is 0 Å². The van der Waals surface area contributed by atoms with Crippen LogP contribution in [0.3, 0.4) is 0 Å². The Kier molecular flexibility index (Phi) is 3.10. The molecule has 1 aliphatic heterocycles. The van der Waals surface area contributed by atoms with Crippen molar-refractivity contribution in [2.24, 2.45) is 5.73 Å². The van der Waals surface area contributed by atoms with Crippen LogP contribution >= 0.6 is 22.6 Å². The third-order valence-electron chi connectivity index (χ3n) is 1.87. The molecule has 4 N–H and O–H groups in total. The van der Waals surface area contributed by atoms with E-state index in [-0.39, 0.29) is 10.0 Å². The number of halogens is 1. The molecule has 0 aromatic heterocycles. The Balaban J connectivity index is 2.63. The number of hydrogen-bond donors (Lipinski definition) is 3. The molecule has 5 heteroatoms. The molecule has 1 aliphatic rings. The number of hydrogen-bond acceptors (Lipinski definition) is 4. The van der Waals surface area contributed by atoms with E-state index in [0.29, 0.717) is 0 Å². The summed E-state index contributed by atoms with van der Waals surface area (Å²) < 4.78 is 4.76. The Morgan fingerprint density at radius 3 is 2.55 bits per heavy atom. The molecule has 0 bridgehead atoms. The summed E-state index contributed by atoms with van der Waals surface area (Å²) in [5, 5.41) is 18.6. The molecule has 0 radical (unpaired) electrons. The first-order valence-electron chi connectivity index (χ1n) is 3.45. The number of rotatable bonds is 0. The Bertz CT molecular complexity index is 132.